The maximum absolute atomic E-state index is 14.8. The zero-order chi connectivity index (χ0) is 27.5. The van der Waals surface area contributed by atoms with Crippen LogP contribution in [-0.2, 0) is 0 Å². The lowest BCUT2D eigenvalue weighted by atomic mass is 10.1. The normalized spacial score (nSPS) is 18.6. The highest BCUT2D eigenvalue weighted by Crippen LogP contribution is 2.40. The lowest BCUT2D eigenvalue weighted by molar-refractivity contribution is -0.158. The van der Waals surface area contributed by atoms with Crippen molar-refractivity contribution in [1.82, 2.24) is 20.2 Å². The van der Waals surface area contributed by atoms with E-state index in [4.69, 9.17) is 0 Å². The number of nitrogens with zero attached hydrogens (tertiary/aromatic N) is 3. The van der Waals surface area contributed by atoms with E-state index in [1.165, 1.54) is 11.0 Å². The number of halogens is 6. The second kappa shape index (κ2) is 9.03. The fourth-order valence-electron chi connectivity index (χ4n) is 4.44. The lowest BCUT2D eigenvalue weighted by Crippen LogP contribution is -2.48. The van der Waals surface area contributed by atoms with Crippen LogP contribution in [0.15, 0.2) is 35.3 Å². The van der Waals surface area contributed by atoms with Gasteiger partial charge in [0.2, 0.25) is 5.43 Å². The molecule has 38 heavy (non-hydrogen) atoms. The molecule has 1 aromatic carbocycles. The molecule has 1 aliphatic heterocycles. The molecule has 14 heteroatoms. The van der Waals surface area contributed by atoms with Crippen LogP contribution in [0.3, 0.4) is 0 Å². The number of urea groups is 1. The van der Waals surface area contributed by atoms with Gasteiger partial charge in [0.1, 0.15) is 28.9 Å². The Labute approximate surface area is 210 Å². The summed E-state index contributed by atoms with van der Waals surface area (Å²) in [5.74, 6) is -6.36. The van der Waals surface area contributed by atoms with Gasteiger partial charge in [-0.1, -0.05) is 0 Å². The topological polar surface area (TPSA) is 96.3 Å². The highest BCUT2D eigenvalue weighted by molar-refractivity contribution is 5.98. The number of nitrogens with one attached hydrogen (secondary N) is 2. The van der Waals surface area contributed by atoms with Crippen LogP contribution in [0.1, 0.15) is 30.1 Å². The van der Waals surface area contributed by atoms with Crippen molar-refractivity contribution < 1.29 is 35.9 Å². The summed E-state index contributed by atoms with van der Waals surface area (Å²) in [6.07, 6.45) is -3.67. The third kappa shape index (κ3) is 4.54. The first-order valence-corrected chi connectivity index (χ1v) is 11.5. The molecular formula is C24H19F6N5O3. The predicted molar refractivity (Wildman–Crippen MR) is 123 cm³/mol. The van der Waals surface area contributed by atoms with Gasteiger partial charge in [0, 0.05) is 30.9 Å². The van der Waals surface area contributed by atoms with Crippen molar-refractivity contribution in [3.63, 3.8) is 0 Å². The van der Waals surface area contributed by atoms with Crippen LogP contribution in [0.5, 0.6) is 0 Å². The molecule has 200 valence electrons. The molecule has 1 saturated heterocycles. The van der Waals surface area contributed by atoms with Gasteiger partial charge in [-0.25, -0.2) is 22.9 Å². The Morgan fingerprint density at radius 1 is 1.13 bits per heavy atom. The van der Waals surface area contributed by atoms with E-state index >= 15 is 0 Å². The summed E-state index contributed by atoms with van der Waals surface area (Å²) < 4.78 is 84.4. The average molecular weight is 539 g/mol. The fraction of sp³-hybridized carbons (Fsp3) is 0.333. The highest BCUT2D eigenvalue weighted by Gasteiger charge is 2.50. The molecule has 2 N–H and O–H groups in total. The second-order valence-electron chi connectivity index (χ2n) is 9.29. The number of alkyl halides is 3. The summed E-state index contributed by atoms with van der Waals surface area (Å²) in [6.45, 7) is 1.90. The molecule has 2 aromatic heterocycles. The van der Waals surface area contributed by atoms with E-state index in [9.17, 15) is 40.7 Å². The van der Waals surface area contributed by atoms with Crippen molar-refractivity contribution in [2.24, 2.45) is 5.92 Å². The maximum atomic E-state index is 14.8. The van der Waals surface area contributed by atoms with Crippen LogP contribution in [0.25, 0.3) is 16.7 Å². The predicted octanol–water partition coefficient (Wildman–Crippen LogP) is 3.79. The van der Waals surface area contributed by atoms with E-state index in [2.05, 4.69) is 10.3 Å². The van der Waals surface area contributed by atoms with Crippen LogP contribution in [0.2, 0.25) is 0 Å². The van der Waals surface area contributed by atoms with Crippen LogP contribution in [-0.4, -0.2) is 46.3 Å². The third-order valence-electron chi connectivity index (χ3n) is 6.38. The number of hydrogen-bond donors (Lipinski definition) is 2. The highest BCUT2D eigenvalue weighted by atomic mass is 19.4. The van der Waals surface area contributed by atoms with E-state index in [0.717, 1.165) is 6.07 Å². The van der Waals surface area contributed by atoms with Gasteiger partial charge in [0.25, 0.3) is 5.91 Å². The maximum Gasteiger partial charge on any atom is 0.408 e. The fourth-order valence-corrected chi connectivity index (χ4v) is 4.44. The molecule has 3 aromatic rings. The van der Waals surface area contributed by atoms with E-state index < -0.39 is 69.9 Å². The van der Waals surface area contributed by atoms with Gasteiger partial charge in [0.05, 0.1) is 5.39 Å². The first-order valence-electron chi connectivity index (χ1n) is 11.5. The Hall–Kier alpha value is -4.10. The van der Waals surface area contributed by atoms with E-state index in [0.29, 0.717) is 22.9 Å². The zero-order valence-electron chi connectivity index (χ0n) is 19.6. The Kier molecular flexibility index (Phi) is 6.07. The van der Waals surface area contributed by atoms with Crippen LogP contribution in [0, 0.1) is 23.4 Å². The molecule has 2 aliphatic rings. The van der Waals surface area contributed by atoms with Crippen molar-refractivity contribution in [1.29, 1.82) is 0 Å². The summed E-state index contributed by atoms with van der Waals surface area (Å²) in [7, 11) is 0. The van der Waals surface area contributed by atoms with Gasteiger partial charge in [-0.3, -0.25) is 19.1 Å². The van der Waals surface area contributed by atoms with Gasteiger partial charge >= 0.3 is 12.2 Å². The lowest BCUT2D eigenvalue weighted by Gasteiger charge is -2.22. The number of rotatable bonds is 5. The van der Waals surface area contributed by atoms with Crippen molar-refractivity contribution in [3.05, 3.63) is 63.7 Å². The van der Waals surface area contributed by atoms with Gasteiger partial charge in [-0.05, 0) is 37.8 Å². The van der Waals surface area contributed by atoms with Crippen molar-refractivity contribution in [3.8, 4) is 5.69 Å². The molecule has 0 radical (unpaired) electrons. The van der Waals surface area contributed by atoms with Crippen molar-refractivity contribution in [2.75, 3.05) is 11.4 Å². The number of fused-ring (bicyclic) bond motifs is 1. The minimum Gasteiger partial charge on any atom is -0.340 e. The number of carbonyl (C=O) groups excluding carboxylic acids is 2. The molecule has 5 rings (SSSR count). The number of anilines is 1. The molecular weight excluding hydrogens is 520 g/mol. The van der Waals surface area contributed by atoms with E-state index in [1.807, 2.05) is 5.32 Å². The number of amides is 3. The van der Waals surface area contributed by atoms with Gasteiger partial charge in [-0.15, -0.1) is 0 Å². The number of benzene rings is 1. The van der Waals surface area contributed by atoms with Crippen LogP contribution in [0.4, 0.5) is 37.0 Å². The smallest absolute Gasteiger partial charge is 0.340 e. The van der Waals surface area contributed by atoms with Gasteiger partial charge < -0.3 is 10.6 Å². The largest absolute Gasteiger partial charge is 0.408 e. The second-order valence-corrected chi connectivity index (χ2v) is 9.29. The molecule has 1 saturated carbocycles. The number of hydrogen-bond acceptors (Lipinski definition) is 4. The standard InChI is InChI=1S/C24H19F6N5O3/c1-10-8-34(23(38)31-10)17-5-4-13-19(36)14(22(37)33-20(11-2-3-11)24(28,29)30)9-35(21(13)32-17)18-15(26)6-12(25)7-16(18)27/h4-7,9-11,20H,2-3,8H2,1H3,(H,31,38)(H,33,37)/t10-,20+/m1/s1. The number of carbonyl (C=O) groups is 2. The summed E-state index contributed by atoms with van der Waals surface area (Å²) in [5, 5.41) is 4.09. The molecule has 0 unspecified atom stereocenters. The van der Waals surface area contributed by atoms with Gasteiger partial charge in [0.15, 0.2) is 17.3 Å². The Morgan fingerprint density at radius 3 is 2.34 bits per heavy atom. The summed E-state index contributed by atoms with van der Waals surface area (Å²) in [6, 6.07) is 0.121. The first kappa shape index (κ1) is 25.5. The molecule has 3 amide bonds. The van der Waals surface area contributed by atoms with Crippen LogP contribution >= 0.6 is 0 Å². The molecule has 0 spiro atoms. The zero-order valence-corrected chi connectivity index (χ0v) is 19.6. The molecule has 3 heterocycles. The van der Waals surface area contributed by atoms with E-state index in [-0.39, 0.29) is 36.6 Å². The van der Waals surface area contributed by atoms with Crippen molar-refractivity contribution in [2.45, 2.75) is 38.0 Å². The van der Waals surface area contributed by atoms with Crippen molar-refractivity contribution >= 4 is 28.8 Å². The quantitative estimate of drug-likeness (QED) is 0.483. The molecule has 2 atom stereocenters. The molecule has 8 nitrogen and oxygen atoms in total. The summed E-state index contributed by atoms with van der Waals surface area (Å²) >= 11 is 0. The minimum absolute atomic E-state index is 0.00139. The van der Waals surface area contributed by atoms with Gasteiger partial charge in [-0.2, -0.15) is 13.2 Å². The summed E-state index contributed by atoms with van der Waals surface area (Å²) in [4.78, 5) is 43.8. The summed E-state index contributed by atoms with van der Waals surface area (Å²) in [5.41, 5.74) is -3.22. The molecule has 2 fully saturated rings. The third-order valence-corrected chi connectivity index (χ3v) is 6.38. The minimum atomic E-state index is -4.79. The monoisotopic (exact) mass is 539 g/mol. The number of pyridine rings is 2. The molecule has 0 bridgehead atoms. The van der Waals surface area contributed by atoms with E-state index in [1.54, 1.807) is 6.92 Å². The van der Waals surface area contributed by atoms with Crippen LogP contribution < -0.4 is 21.0 Å². The first-order chi connectivity index (χ1) is 17.8. The Balaban J connectivity index is 1.70. The Morgan fingerprint density at radius 2 is 1.79 bits per heavy atom. The average Bonchev–Trinajstić information content (AvgIpc) is 3.59. The molecule has 1 aliphatic carbocycles. The Bertz CT molecular complexity index is 1510. The number of aromatic nitrogens is 2. The SMILES string of the molecule is C[C@@H]1CN(c2ccc3c(=O)c(C(=O)N[C@@H](C4CC4)C(F)(F)F)cn(-c4c(F)cc(F)cc4F)c3n2)C(=O)N1.